The smallest absolute Gasteiger partial charge is 0.124 e. The third kappa shape index (κ3) is 2.64. The molecular formula is C17H19NO. The third-order valence-corrected chi connectivity index (χ3v) is 3.75. The van der Waals surface area contributed by atoms with Crippen LogP contribution in [0.5, 0.6) is 5.75 Å². The van der Waals surface area contributed by atoms with Gasteiger partial charge >= 0.3 is 0 Å². The van der Waals surface area contributed by atoms with Crippen LogP contribution in [0.4, 0.5) is 0 Å². The Bertz CT molecular complexity index is 577. The molecule has 2 aromatic carbocycles. The van der Waals surface area contributed by atoms with E-state index in [4.69, 9.17) is 10.5 Å². The fourth-order valence-electron chi connectivity index (χ4n) is 2.69. The summed E-state index contributed by atoms with van der Waals surface area (Å²) in [6.07, 6.45) is 3.73. The zero-order chi connectivity index (χ0) is 13.1. The maximum Gasteiger partial charge on any atom is 0.124 e. The molecule has 0 atom stereocenters. The maximum atomic E-state index is 5.89. The van der Waals surface area contributed by atoms with E-state index in [9.17, 15) is 0 Å². The molecule has 19 heavy (non-hydrogen) atoms. The van der Waals surface area contributed by atoms with Crippen LogP contribution in [0.2, 0.25) is 0 Å². The summed E-state index contributed by atoms with van der Waals surface area (Å²) in [5.74, 6) is 0.894. The maximum absolute atomic E-state index is 5.89. The van der Waals surface area contributed by atoms with Gasteiger partial charge in [0.15, 0.2) is 0 Å². The molecule has 0 unspecified atom stereocenters. The summed E-state index contributed by atoms with van der Waals surface area (Å²) >= 11 is 0. The van der Waals surface area contributed by atoms with Crippen molar-refractivity contribution in [1.29, 1.82) is 0 Å². The molecule has 0 spiro atoms. The number of benzene rings is 2. The highest BCUT2D eigenvalue weighted by atomic mass is 16.5. The summed E-state index contributed by atoms with van der Waals surface area (Å²) < 4.78 is 5.89. The molecule has 2 heteroatoms. The fraction of sp³-hybridized carbons (Fsp3) is 0.294. The number of fused-ring (bicyclic) bond motifs is 1. The molecule has 0 radical (unpaired) electrons. The topological polar surface area (TPSA) is 35.2 Å². The molecule has 0 aliphatic heterocycles. The highest BCUT2D eigenvalue weighted by Crippen LogP contribution is 2.24. The van der Waals surface area contributed by atoms with Gasteiger partial charge in [0, 0.05) is 12.1 Å². The number of nitrogens with two attached hydrogens (primary N) is 1. The highest BCUT2D eigenvalue weighted by Gasteiger charge is 2.11. The van der Waals surface area contributed by atoms with E-state index in [0.29, 0.717) is 13.2 Å². The normalized spacial score (nSPS) is 13.3. The molecule has 0 saturated heterocycles. The van der Waals surface area contributed by atoms with Crippen LogP contribution < -0.4 is 10.5 Å². The lowest BCUT2D eigenvalue weighted by atomic mass is 10.1. The Hall–Kier alpha value is -1.80. The van der Waals surface area contributed by atoms with Gasteiger partial charge in [0.05, 0.1) is 0 Å². The lowest BCUT2D eigenvalue weighted by Crippen LogP contribution is -2.02. The standard InChI is InChI=1S/C17H19NO/c18-11-16-4-1-2-7-17(16)19-12-13-8-9-14-5-3-6-15(14)10-13/h1-2,4,7-10H,3,5-6,11-12,18H2. The molecule has 1 aliphatic rings. The Morgan fingerprint density at radius 1 is 1.00 bits per heavy atom. The SMILES string of the molecule is NCc1ccccc1OCc1ccc2c(c1)CCC2. The van der Waals surface area contributed by atoms with Gasteiger partial charge < -0.3 is 10.5 Å². The van der Waals surface area contributed by atoms with E-state index in [2.05, 4.69) is 18.2 Å². The Labute approximate surface area is 114 Å². The van der Waals surface area contributed by atoms with Crippen LogP contribution in [0.3, 0.4) is 0 Å². The van der Waals surface area contributed by atoms with Crippen molar-refractivity contribution in [2.75, 3.05) is 0 Å². The highest BCUT2D eigenvalue weighted by molar-refractivity contribution is 5.36. The Balaban J connectivity index is 1.72. The lowest BCUT2D eigenvalue weighted by Gasteiger charge is -2.11. The second-order valence-corrected chi connectivity index (χ2v) is 5.06. The predicted molar refractivity (Wildman–Crippen MR) is 77.1 cm³/mol. The first-order chi connectivity index (χ1) is 9.36. The molecule has 0 amide bonds. The van der Waals surface area contributed by atoms with Crippen molar-refractivity contribution < 1.29 is 4.74 Å². The first kappa shape index (κ1) is 12.2. The van der Waals surface area contributed by atoms with Crippen LogP contribution in [0.1, 0.15) is 28.7 Å². The van der Waals surface area contributed by atoms with Crippen molar-refractivity contribution in [3.05, 3.63) is 64.7 Å². The molecule has 0 fully saturated rings. The molecule has 1 aliphatic carbocycles. The number of para-hydroxylation sites is 1. The van der Waals surface area contributed by atoms with Crippen molar-refractivity contribution in [3.63, 3.8) is 0 Å². The van der Waals surface area contributed by atoms with Crippen molar-refractivity contribution in [1.82, 2.24) is 0 Å². The molecule has 0 aromatic heterocycles. The lowest BCUT2D eigenvalue weighted by molar-refractivity contribution is 0.303. The van der Waals surface area contributed by atoms with E-state index in [1.54, 1.807) is 0 Å². The van der Waals surface area contributed by atoms with E-state index in [0.717, 1.165) is 11.3 Å². The van der Waals surface area contributed by atoms with Gasteiger partial charge in [-0.3, -0.25) is 0 Å². The quantitative estimate of drug-likeness (QED) is 0.908. The van der Waals surface area contributed by atoms with Crippen molar-refractivity contribution in [2.45, 2.75) is 32.4 Å². The van der Waals surface area contributed by atoms with Gasteiger partial charge in [-0.1, -0.05) is 36.4 Å². The minimum atomic E-state index is 0.514. The van der Waals surface area contributed by atoms with Crippen LogP contribution in [0.15, 0.2) is 42.5 Å². The van der Waals surface area contributed by atoms with Gasteiger partial charge in [-0.15, -0.1) is 0 Å². The average Bonchev–Trinajstić information content (AvgIpc) is 2.93. The summed E-state index contributed by atoms with van der Waals surface area (Å²) in [5, 5.41) is 0. The Morgan fingerprint density at radius 3 is 2.74 bits per heavy atom. The van der Waals surface area contributed by atoms with Gasteiger partial charge in [-0.25, -0.2) is 0 Å². The predicted octanol–water partition coefficient (Wildman–Crippen LogP) is 3.21. The second-order valence-electron chi connectivity index (χ2n) is 5.06. The summed E-state index contributed by atoms with van der Waals surface area (Å²) in [6.45, 7) is 1.13. The van der Waals surface area contributed by atoms with Crippen LogP contribution >= 0.6 is 0 Å². The van der Waals surface area contributed by atoms with E-state index in [1.165, 1.54) is 36.0 Å². The van der Waals surface area contributed by atoms with Crippen LogP contribution in [-0.4, -0.2) is 0 Å². The first-order valence-corrected chi connectivity index (χ1v) is 6.88. The Morgan fingerprint density at radius 2 is 1.84 bits per heavy atom. The zero-order valence-electron chi connectivity index (χ0n) is 11.1. The molecule has 0 bridgehead atoms. The molecule has 0 heterocycles. The third-order valence-electron chi connectivity index (χ3n) is 3.75. The van der Waals surface area contributed by atoms with Gasteiger partial charge in [0.1, 0.15) is 12.4 Å². The summed E-state index contributed by atoms with van der Waals surface area (Å²) in [6, 6.07) is 14.7. The first-order valence-electron chi connectivity index (χ1n) is 6.88. The monoisotopic (exact) mass is 253 g/mol. The Kier molecular flexibility index (Phi) is 3.51. The molecule has 98 valence electrons. The fourth-order valence-corrected chi connectivity index (χ4v) is 2.69. The number of aryl methyl sites for hydroxylation is 2. The number of rotatable bonds is 4. The van der Waals surface area contributed by atoms with Gasteiger partial charge in [0.25, 0.3) is 0 Å². The molecule has 2 N–H and O–H groups in total. The molecule has 3 rings (SSSR count). The molecule has 2 aromatic rings. The number of ether oxygens (including phenoxy) is 1. The largest absolute Gasteiger partial charge is 0.489 e. The minimum Gasteiger partial charge on any atom is -0.489 e. The number of hydrogen-bond donors (Lipinski definition) is 1. The minimum absolute atomic E-state index is 0.514. The zero-order valence-corrected chi connectivity index (χ0v) is 11.1. The van der Waals surface area contributed by atoms with Gasteiger partial charge in [-0.05, 0) is 42.0 Å². The van der Waals surface area contributed by atoms with Crippen LogP contribution in [-0.2, 0) is 26.0 Å². The van der Waals surface area contributed by atoms with Gasteiger partial charge in [-0.2, -0.15) is 0 Å². The molecule has 0 saturated carbocycles. The second kappa shape index (κ2) is 5.45. The van der Waals surface area contributed by atoms with Crippen molar-refractivity contribution in [3.8, 4) is 5.75 Å². The molecular weight excluding hydrogens is 234 g/mol. The van der Waals surface area contributed by atoms with E-state index in [-0.39, 0.29) is 0 Å². The summed E-state index contributed by atoms with van der Waals surface area (Å²) in [4.78, 5) is 0. The van der Waals surface area contributed by atoms with Crippen molar-refractivity contribution >= 4 is 0 Å². The average molecular weight is 253 g/mol. The van der Waals surface area contributed by atoms with Crippen LogP contribution in [0.25, 0.3) is 0 Å². The molecule has 2 nitrogen and oxygen atoms in total. The van der Waals surface area contributed by atoms with E-state index >= 15 is 0 Å². The van der Waals surface area contributed by atoms with E-state index < -0.39 is 0 Å². The van der Waals surface area contributed by atoms with E-state index in [1.807, 2.05) is 24.3 Å². The number of hydrogen-bond acceptors (Lipinski definition) is 2. The van der Waals surface area contributed by atoms with Crippen LogP contribution in [0, 0.1) is 0 Å². The summed E-state index contributed by atoms with van der Waals surface area (Å²) in [5.41, 5.74) is 11.0. The van der Waals surface area contributed by atoms with Gasteiger partial charge in [0.2, 0.25) is 0 Å². The summed E-state index contributed by atoms with van der Waals surface area (Å²) in [7, 11) is 0. The van der Waals surface area contributed by atoms with Crippen molar-refractivity contribution in [2.24, 2.45) is 5.73 Å².